The fourth-order valence-electron chi connectivity index (χ4n) is 3.79. The second-order valence-corrected chi connectivity index (χ2v) is 9.39. The number of carbonyl (C=O) groups is 2. The molecule has 3 amide bonds. The molecular weight excluding hydrogens is 406 g/mol. The molecule has 0 atom stereocenters. The average molecular weight is 429 g/mol. The zero-order valence-electron chi connectivity index (χ0n) is 16.6. The van der Waals surface area contributed by atoms with E-state index in [1.54, 1.807) is 12.1 Å². The minimum atomic E-state index is -3.66. The van der Waals surface area contributed by atoms with Gasteiger partial charge in [-0.15, -0.1) is 0 Å². The van der Waals surface area contributed by atoms with Crippen LogP contribution in [-0.4, -0.2) is 55.2 Å². The van der Waals surface area contributed by atoms with E-state index in [9.17, 15) is 18.0 Å². The highest BCUT2D eigenvalue weighted by atomic mass is 32.2. The molecule has 2 fully saturated rings. The Morgan fingerprint density at radius 3 is 2.30 bits per heavy atom. The van der Waals surface area contributed by atoms with Gasteiger partial charge in [-0.25, -0.2) is 13.2 Å². The number of hydrogen-bond donors (Lipinski definition) is 1. The number of nitrogens with one attached hydrogen (secondary N) is 1. The molecule has 2 aliphatic rings. The lowest BCUT2D eigenvalue weighted by atomic mass is 10.1. The Kier molecular flexibility index (Phi) is 5.48. The average Bonchev–Trinajstić information content (AvgIpc) is 3.07. The van der Waals surface area contributed by atoms with Crippen LogP contribution in [0, 0.1) is 6.92 Å². The highest BCUT2D eigenvalue weighted by molar-refractivity contribution is 7.89. The molecule has 2 heterocycles. The third kappa shape index (κ3) is 4.03. The Labute approximate surface area is 175 Å². The minimum absolute atomic E-state index is 0.00825. The van der Waals surface area contributed by atoms with Crippen LogP contribution in [0.2, 0.25) is 0 Å². The van der Waals surface area contributed by atoms with E-state index in [0.29, 0.717) is 24.3 Å². The van der Waals surface area contributed by atoms with E-state index >= 15 is 0 Å². The highest BCUT2D eigenvalue weighted by Crippen LogP contribution is 2.27. The molecule has 2 saturated heterocycles. The summed E-state index contributed by atoms with van der Waals surface area (Å²) in [5.74, 6) is 0.982. The van der Waals surface area contributed by atoms with Gasteiger partial charge in [0.15, 0.2) is 0 Å². The van der Waals surface area contributed by atoms with Gasteiger partial charge in [-0.05, 0) is 61.7 Å². The number of imide groups is 1. The Morgan fingerprint density at radius 1 is 1.00 bits per heavy atom. The van der Waals surface area contributed by atoms with Crippen molar-refractivity contribution in [2.75, 3.05) is 19.6 Å². The fraction of sp³-hybridized carbons (Fsp3) is 0.333. The maximum atomic E-state index is 13.0. The molecule has 158 valence electrons. The lowest BCUT2D eigenvalue weighted by molar-refractivity contribution is -0.127. The van der Waals surface area contributed by atoms with Crippen LogP contribution in [0.5, 0.6) is 11.5 Å². The summed E-state index contributed by atoms with van der Waals surface area (Å²) in [7, 11) is -3.66. The SMILES string of the molecule is Cc1cccc(Oc2ccc(S(=O)(=O)N3CCC(N4C(=O)CNC4=O)CC3)cc2)c1. The van der Waals surface area contributed by atoms with Crippen LogP contribution in [-0.2, 0) is 14.8 Å². The first kappa shape index (κ1) is 20.4. The first-order valence-electron chi connectivity index (χ1n) is 9.79. The standard InChI is InChI=1S/C21H23N3O5S/c1-15-3-2-4-18(13-15)29-17-5-7-19(8-6-17)30(27,28)23-11-9-16(10-12-23)24-20(25)14-22-21(24)26/h2-8,13,16H,9-12,14H2,1H3,(H,22,26). The third-order valence-corrected chi connectivity index (χ3v) is 7.27. The molecule has 2 aliphatic heterocycles. The lowest BCUT2D eigenvalue weighted by Gasteiger charge is -2.34. The minimum Gasteiger partial charge on any atom is -0.457 e. The molecular formula is C21H23N3O5S. The Bertz CT molecular complexity index is 1040. The van der Waals surface area contributed by atoms with Gasteiger partial charge in [0, 0.05) is 19.1 Å². The monoisotopic (exact) mass is 429 g/mol. The van der Waals surface area contributed by atoms with E-state index < -0.39 is 16.1 Å². The van der Waals surface area contributed by atoms with Crippen molar-refractivity contribution in [2.45, 2.75) is 30.7 Å². The van der Waals surface area contributed by atoms with Gasteiger partial charge >= 0.3 is 6.03 Å². The van der Waals surface area contributed by atoms with Crippen molar-refractivity contribution < 1.29 is 22.7 Å². The molecule has 8 nitrogen and oxygen atoms in total. The number of piperidine rings is 1. The molecule has 1 N–H and O–H groups in total. The summed E-state index contributed by atoms with van der Waals surface area (Å²) >= 11 is 0. The van der Waals surface area contributed by atoms with Crippen molar-refractivity contribution in [1.82, 2.24) is 14.5 Å². The zero-order chi connectivity index (χ0) is 21.3. The lowest BCUT2D eigenvalue weighted by Crippen LogP contribution is -2.48. The van der Waals surface area contributed by atoms with Crippen LogP contribution in [0.15, 0.2) is 53.4 Å². The molecule has 0 unspecified atom stereocenters. The fourth-order valence-corrected chi connectivity index (χ4v) is 5.26. The maximum absolute atomic E-state index is 13.0. The number of urea groups is 1. The van der Waals surface area contributed by atoms with Gasteiger partial charge in [0.1, 0.15) is 11.5 Å². The van der Waals surface area contributed by atoms with E-state index in [-0.39, 0.29) is 36.5 Å². The van der Waals surface area contributed by atoms with Crippen molar-refractivity contribution >= 4 is 22.0 Å². The summed E-state index contributed by atoms with van der Waals surface area (Å²) in [4.78, 5) is 25.1. The first-order chi connectivity index (χ1) is 14.3. The van der Waals surface area contributed by atoms with Crippen LogP contribution >= 0.6 is 0 Å². The molecule has 2 aromatic carbocycles. The molecule has 0 spiro atoms. The van der Waals surface area contributed by atoms with Gasteiger partial charge in [-0.1, -0.05) is 12.1 Å². The van der Waals surface area contributed by atoms with Gasteiger partial charge in [0.25, 0.3) is 0 Å². The van der Waals surface area contributed by atoms with Gasteiger partial charge in [-0.2, -0.15) is 4.31 Å². The Hall–Kier alpha value is -2.91. The van der Waals surface area contributed by atoms with Crippen molar-refractivity contribution in [1.29, 1.82) is 0 Å². The van der Waals surface area contributed by atoms with Gasteiger partial charge < -0.3 is 10.1 Å². The van der Waals surface area contributed by atoms with Crippen molar-refractivity contribution in [3.63, 3.8) is 0 Å². The Morgan fingerprint density at radius 2 is 1.70 bits per heavy atom. The third-order valence-electron chi connectivity index (χ3n) is 5.35. The summed E-state index contributed by atoms with van der Waals surface area (Å²) in [5, 5.41) is 2.50. The molecule has 0 bridgehead atoms. The molecule has 9 heteroatoms. The quantitative estimate of drug-likeness (QED) is 0.737. The maximum Gasteiger partial charge on any atom is 0.324 e. The summed E-state index contributed by atoms with van der Waals surface area (Å²) < 4.78 is 33.1. The number of amides is 3. The second-order valence-electron chi connectivity index (χ2n) is 7.45. The first-order valence-corrected chi connectivity index (χ1v) is 11.2. The number of sulfonamides is 1. The molecule has 0 aliphatic carbocycles. The number of benzene rings is 2. The number of nitrogens with zero attached hydrogens (tertiary/aromatic N) is 2. The molecule has 30 heavy (non-hydrogen) atoms. The smallest absolute Gasteiger partial charge is 0.324 e. The van der Waals surface area contributed by atoms with Crippen LogP contribution in [0.25, 0.3) is 0 Å². The Balaban J connectivity index is 1.41. The van der Waals surface area contributed by atoms with E-state index in [2.05, 4.69) is 5.32 Å². The van der Waals surface area contributed by atoms with E-state index in [1.807, 2.05) is 31.2 Å². The van der Waals surface area contributed by atoms with Crippen molar-refractivity contribution in [2.24, 2.45) is 0 Å². The van der Waals surface area contributed by atoms with Gasteiger partial charge in [-0.3, -0.25) is 9.69 Å². The summed E-state index contributed by atoms with van der Waals surface area (Å²) in [6, 6.07) is 13.3. The number of hydrogen-bond acceptors (Lipinski definition) is 5. The largest absolute Gasteiger partial charge is 0.457 e. The summed E-state index contributed by atoms with van der Waals surface area (Å²) in [5.41, 5.74) is 1.07. The van der Waals surface area contributed by atoms with E-state index in [1.165, 1.54) is 21.3 Å². The van der Waals surface area contributed by atoms with Crippen LogP contribution in [0.4, 0.5) is 4.79 Å². The van der Waals surface area contributed by atoms with Crippen LogP contribution in [0.1, 0.15) is 18.4 Å². The summed E-state index contributed by atoms with van der Waals surface area (Å²) in [6.07, 6.45) is 0.847. The number of rotatable bonds is 5. The van der Waals surface area contributed by atoms with Crippen molar-refractivity contribution in [3.8, 4) is 11.5 Å². The highest BCUT2D eigenvalue weighted by Gasteiger charge is 2.38. The number of ether oxygens (including phenoxy) is 1. The topological polar surface area (TPSA) is 96.0 Å². The number of aryl methyl sites for hydroxylation is 1. The summed E-state index contributed by atoms with van der Waals surface area (Å²) in [6.45, 7) is 2.49. The van der Waals surface area contributed by atoms with Crippen LogP contribution in [0.3, 0.4) is 0 Å². The molecule has 0 radical (unpaired) electrons. The predicted octanol–water partition coefficient (Wildman–Crippen LogP) is 2.49. The van der Waals surface area contributed by atoms with E-state index in [0.717, 1.165) is 5.56 Å². The van der Waals surface area contributed by atoms with Crippen LogP contribution < -0.4 is 10.1 Å². The molecule has 0 aromatic heterocycles. The number of carbonyl (C=O) groups excluding carboxylic acids is 2. The molecule has 2 aromatic rings. The van der Waals surface area contributed by atoms with E-state index in [4.69, 9.17) is 4.74 Å². The zero-order valence-corrected chi connectivity index (χ0v) is 17.4. The van der Waals surface area contributed by atoms with Gasteiger partial charge in [0.05, 0.1) is 11.4 Å². The molecule has 0 saturated carbocycles. The predicted molar refractivity (Wildman–Crippen MR) is 110 cm³/mol. The second kappa shape index (κ2) is 8.08. The molecule has 4 rings (SSSR count). The van der Waals surface area contributed by atoms with Gasteiger partial charge in [0.2, 0.25) is 15.9 Å². The van der Waals surface area contributed by atoms with Crippen molar-refractivity contribution in [3.05, 3.63) is 54.1 Å². The normalized spacial score (nSPS) is 18.5.